The standard InChI is InChI=1S/C22H16BrF3O4/c1-14-19(21(27)29-16-10-6-3-7-11-16)18(28-13-15-8-4-2-5-9-15)12-17(23)20(14)30-22(24,25)26/h2-12H,13H2,1H3. The number of benzene rings is 3. The van der Waals surface area contributed by atoms with Crippen LogP contribution in [0.2, 0.25) is 0 Å². The van der Waals surface area contributed by atoms with Gasteiger partial charge in [-0.15, -0.1) is 13.2 Å². The Morgan fingerprint density at radius 1 is 1.00 bits per heavy atom. The molecule has 0 N–H and O–H groups in total. The van der Waals surface area contributed by atoms with Gasteiger partial charge in [0.2, 0.25) is 0 Å². The van der Waals surface area contributed by atoms with E-state index in [2.05, 4.69) is 20.7 Å². The highest BCUT2D eigenvalue weighted by Gasteiger charge is 2.35. The van der Waals surface area contributed by atoms with Crippen molar-refractivity contribution in [1.29, 1.82) is 0 Å². The molecule has 0 atom stereocenters. The van der Waals surface area contributed by atoms with Gasteiger partial charge in [0.05, 0.1) is 4.47 Å². The molecule has 0 heterocycles. The number of esters is 1. The van der Waals surface area contributed by atoms with Crippen LogP contribution in [-0.4, -0.2) is 12.3 Å². The maximum absolute atomic E-state index is 12.9. The molecule has 0 unspecified atom stereocenters. The second-order valence-electron chi connectivity index (χ2n) is 6.21. The van der Waals surface area contributed by atoms with Crippen molar-refractivity contribution in [3.8, 4) is 17.2 Å². The zero-order chi connectivity index (χ0) is 21.7. The number of hydrogen-bond donors (Lipinski definition) is 0. The van der Waals surface area contributed by atoms with Crippen LogP contribution in [0.1, 0.15) is 21.5 Å². The molecule has 3 aromatic rings. The molecule has 156 valence electrons. The van der Waals surface area contributed by atoms with Crippen molar-refractivity contribution in [2.75, 3.05) is 0 Å². The molecule has 8 heteroatoms. The molecule has 0 amide bonds. The van der Waals surface area contributed by atoms with Crippen molar-refractivity contribution in [2.24, 2.45) is 0 Å². The quantitative estimate of drug-likeness (QED) is 0.300. The first kappa shape index (κ1) is 21.7. The number of hydrogen-bond acceptors (Lipinski definition) is 4. The van der Waals surface area contributed by atoms with Gasteiger partial charge in [-0.25, -0.2) is 4.79 Å². The average molecular weight is 481 g/mol. The molecule has 0 bridgehead atoms. The molecule has 0 aliphatic carbocycles. The Hall–Kier alpha value is -3.00. The van der Waals surface area contributed by atoms with Crippen molar-refractivity contribution in [3.05, 3.63) is 87.9 Å². The van der Waals surface area contributed by atoms with Crippen LogP contribution in [0.15, 0.2) is 71.2 Å². The molecular formula is C22H16BrF3O4. The second-order valence-corrected chi connectivity index (χ2v) is 7.06. The van der Waals surface area contributed by atoms with Crippen LogP contribution in [0, 0.1) is 6.92 Å². The summed E-state index contributed by atoms with van der Waals surface area (Å²) in [6.45, 7) is 1.45. The topological polar surface area (TPSA) is 44.8 Å². The van der Waals surface area contributed by atoms with Crippen LogP contribution in [0.5, 0.6) is 17.2 Å². The van der Waals surface area contributed by atoms with Gasteiger partial charge in [0.15, 0.2) is 0 Å². The van der Waals surface area contributed by atoms with E-state index in [-0.39, 0.29) is 33.7 Å². The summed E-state index contributed by atoms with van der Waals surface area (Å²) in [6.07, 6.45) is -4.93. The summed E-state index contributed by atoms with van der Waals surface area (Å²) < 4.78 is 53.8. The van der Waals surface area contributed by atoms with E-state index < -0.39 is 18.1 Å². The molecule has 0 spiro atoms. The van der Waals surface area contributed by atoms with Gasteiger partial charge in [0.25, 0.3) is 0 Å². The predicted octanol–water partition coefficient (Wildman–Crippen LogP) is 6.45. The highest BCUT2D eigenvalue weighted by atomic mass is 79.9. The van der Waals surface area contributed by atoms with E-state index in [1.165, 1.54) is 13.0 Å². The summed E-state index contributed by atoms with van der Waals surface area (Å²) in [4.78, 5) is 12.8. The Balaban J connectivity index is 2.00. The largest absolute Gasteiger partial charge is 0.573 e. The maximum atomic E-state index is 12.9. The molecule has 3 rings (SSSR count). The lowest BCUT2D eigenvalue weighted by molar-refractivity contribution is -0.275. The van der Waals surface area contributed by atoms with E-state index in [4.69, 9.17) is 9.47 Å². The first-order valence-corrected chi connectivity index (χ1v) is 9.56. The predicted molar refractivity (Wildman–Crippen MR) is 108 cm³/mol. The summed E-state index contributed by atoms with van der Waals surface area (Å²) in [5.41, 5.74) is 0.604. The van der Waals surface area contributed by atoms with E-state index in [9.17, 15) is 18.0 Å². The summed E-state index contributed by atoms with van der Waals surface area (Å²) >= 11 is 3.07. The molecule has 0 aromatic heterocycles. The average Bonchev–Trinajstić information content (AvgIpc) is 2.70. The lowest BCUT2D eigenvalue weighted by Crippen LogP contribution is -2.20. The van der Waals surface area contributed by atoms with Gasteiger partial charge in [-0.1, -0.05) is 48.5 Å². The maximum Gasteiger partial charge on any atom is 0.573 e. The fourth-order valence-corrected chi connectivity index (χ4v) is 3.31. The fraction of sp³-hybridized carbons (Fsp3) is 0.136. The van der Waals surface area contributed by atoms with E-state index in [0.717, 1.165) is 5.56 Å². The minimum atomic E-state index is -4.93. The highest BCUT2D eigenvalue weighted by molar-refractivity contribution is 9.10. The van der Waals surface area contributed by atoms with E-state index in [1.54, 1.807) is 30.3 Å². The van der Waals surface area contributed by atoms with Crippen molar-refractivity contribution < 1.29 is 32.2 Å². The first-order valence-electron chi connectivity index (χ1n) is 8.77. The molecule has 4 nitrogen and oxygen atoms in total. The number of ether oxygens (including phenoxy) is 3. The molecule has 30 heavy (non-hydrogen) atoms. The summed E-state index contributed by atoms with van der Waals surface area (Å²) in [6, 6.07) is 18.6. The van der Waals surface area contributed by atoms with E-state index >= 15 is 0 Å². The van der Waals surface area contributed by atoms with Gasteiger partial charge in [0, 0.05) is 5.56 Å². The van der Waals surface area contributed by atoms with Crippen molar-refractivity contribution in [1.82, 2.24) is 0 Å². The van der Waals surface area contributed by atoms with E-state index in [1.807, 2.05) is 30.3 Å². The van der Waals surface area contributed by atoms with Gasteiger partial charge in [0.1, 0.15) is 29.4 Å². The number of carbonyl (C=O) groups is 1. The molecule has 0 aliphatic heterocycles. The first-order chi connectivity index (χ1) is 14.2. The SMILES string of the molecule is Cc1c(OC(F)(F)F)c(Br)cc(OCc2ccccc2)c1C(=O)Oc1ccccc1. The summed E-state index contributed by atoms with van der Waals surface area (Å²) in [5.74, 6) is -1.08. The lowest BCUT2D eigenvalue weighted by Gasteiger charge is -2.19. The Labute approximate surface area is 179 Å². The number of halogens is 4. The number of carbonyl (C=O) groups excluding carboxylic acids is 1. The Morgan fingerprint density at radius 3 is 2.20 bits per heavy atom. The van der Waals surface area contributed by atoms with Gasteiger partial charge in [-0.3, -0.25) is 0 Å². The van der Waals surface area contributed by atoms with Crippen LogP contribution in [0.25, 0.3) is 0 Å². The van der Waals surface area contributed by atoms with Gasteiger partial charge in [-0.05, 0) is 46.6 Å². The third kappa shape index (κ3) is 5.54. The third-order valence-corrected chi connectivity index (χ3v) is 4.64. The zero-order valence-electron chi connectivity index (χ0n) is 15.7. The van der Waals surface area contributed by atoms with Gasteiger partial charge >= 0.3 is 12.3 Å². The number of rotatable bonds is 6. The Bertz CT molecular complexity index is 1020. The molecule has 0 saturated carbocycles. The molecular weight excluding hydrogens is 465 g/mol. The lowest BCUT2D eigenvalue weighted by atomic mass is 10.1. The van der Waals surface area contributed by atoms with Crippen LogP contribution >= 0.6 is 15.9 Å². The third-order valence-electron chi connectivity index (χ3n) is 4.05. The van der Waals surface area contributed by atoms with Crippen LogP contribution in [0.4, 0.5) is 13.2 Å². The fourth-order valence-electron chi connectivity index (χ4n) is 2.72. The summed E-state index contributed by atoms with van der Waals surface area (Å²) in [7, 11) is 0. The van der Waals surface area contributed by atoms with Crippen molar-refractivity contribution >= 4 is 21.9 Å². The zero-order valence-corrected chi connectivity index (χ0v) is 17.3. The Morgan fingerprint density at radius 2 is 1.60 bits per heavy atom. The molecule has 3 aromatic carbocycles. The van der Waals surface area contributed by atoms with Crippen molar-refractivity contribution in [3.63, 3.8) is 0 Å². The summed E-state index contributed by atoms with van der Waals surface area (Å²) in [5, 5.41) is 0. The van der Waals surface area contributed by atoms with Crippen LogP contribution in [-0.2, 0) is 6.61 Å². The highest BCUT2D eigenvalue weighted by Crippen LogP contribution is 2.40. The molecule has 0 saturated heterocycles. The van der Waals surface area contributed by atoms with Crippen molar-refractivity contribution in [2.45, 2.75) is 19.9 Å². The van der Waals surface area contributed by atoms with Crippen LogP contribution in [0.3, 0.4) is 0 Å². The van der Waals surface area contributed by atoms with Gasteiger partial charge < -0.3 is 14.2 Å². The monoisotopic (exact) mass is 480 g/mol. The van der Waals surface area contributed by atoms with Crippen LogP contribution < -0.4 is 14.2 Å². The van der Waals surface area contributed by atoms with Gasteiger partial charge in [-0.2, -0.15) is 0 Å². The minimum Gasteiger partial charge on any atom is -0.488 e. The normalized spacial score (nSPS) is 11.1. The second kappa shape index (κ2) is 9.21. The molecule has 0 aliphatic rings. The molecule has 0 radical (unpaired) electrons. The number of alkyl halides is 3. The van der Waals surface area contributed by atoms with E-state index in [0.29, 0.717) is 0 Å². The number of para-hydroxylation sites is 1. The Kier molecular flexibility index (Phi) is 6.66. The molecule has 0 fully saturated rings. The smallest absolute Gasteiger partial charge is 0.488 e. The minimum absolute atomic E-state index is 0.00310.